The van der Waals surface area contributed by atoms with E-state index in [0.717, 1.165) is 43.3 Å². The summed E-state index contributed by atoms with van der Waals surface area (Å²) in [5.41, 5.74) is 6.77. The molecular weight excluding hydrogens is 512 g/mol. The molecule has 0 aliphatic carbocycles. The second-order valence-electron chi connectivity index (χ2n) is 8.93. The molecule has 3 fully saturated rings. The Hall–Kier alpha value is -2.33. The van der Waals surface area contributed by atoms with Gasteiger partial charge in [0.25, 0.3) is 11.8 Å². The maximum absolute atomic E-state index is 13.2. The largest absolute Gasteiger partial charge is 0.735 e. The van der Waals surface area contributed by atoms with Crippen LogP contribution in [0.3, 0.4) is 0 Å². The van der Waals surface area contributed by atoms with Crippen LogP contribution in [0.5, 0.6) is 0 Å². The molecule has 0 aromatic carbocycles. The minimum atomic E-state index is -0.830. The zero-order chi connectivity index (χ0) is 24.9. The Bertz CT molecular complexity index is 1120. The number of quaternary nitrogens is 1. The summed E-state index contributed by atoms with van der Waals surface area (Å²) in [6.45, 7) is 4.93. The molecular formula is C20H26N8O4S3. The highest BCUT2D eigenvalue weighted by Gasteiger charge is 2.55. The summed E-state index contributed by atoms with van der Waals surface area (Å²) in [5, 5.41) is 5.76. The second kappa shape index (κ2) is 9.61. The monoisotopic (exact) mass is 538 g/mol. The molecule has 1 aromatic rings. The fraction of sp³-hybridized carbons (Fsp3) is 0.600. The van der Waals surface area contributed by atoms with Gasteiger partial charge in [-0.15, -0.1) is 11.8 Å². The smallest absolute Gasteiger partial charge is 0.278 e. The van der Waals surface area contributed by atoms with E-state index in [9.17, 15) is 14.4 Å². The zero-order valence-electron chi connectivity index (χ0n) is 19.2. The van der Waals surface area contributed by atoms with Crippen molar-refractivity contribution in [3.05, 3.63) is 17.1 Å². The number of likely N-dealkylation sites (N-methyl/N-ethyl adjacent to an activating group) is 1. The number of hydrogen-bond donors (Lipinski definition) is 3. The number of anilines is 1. The topological polar surface area (TPSA) is 148 Å². The van der Waals surface area contributed by atoms with Gasteiger partial charge in [0.15, 0.2) is 5.13 Å². The lowest BCUT2D eigenvalue weighted by molar-refractivity contribution is -0.872. The molecule has 3 saturated heterocycles. The fourth-order valence-corrected chi connectivity index (χ4v) is 7.43. The predicted octanol–water partition coefficient (Wildman–Crippen LogP) is -2.24. The van der Waals surface area contributed by atoms with Gasteiger partial charge < -0.3 is 38.2 Å². The molecule has 188 valence electrons. The molecule has 4 N–H and O–H groups in total. The Kier molecular flexibility index (Phi) is 6.69. The van der Waals surface area contributed by atoms with Crippen molar-refractivity contribution in [1.82, 2.24) is 24.5 Å². The Morgan fingerprint density at radius 1 is 1.43 bits per heavy atom. The summed E-state index contributed by atoms with van der Waals surface area (Å²) in [6, 6.07) is -0.475. The number of nitrogen functional groups attached to an aromatic ring is 1. The number of nitrogens with two attached hydrogens (primary N) is 1. The number of fused-ring (bicyclic) bond motifs is 2. The van der Waals surface area contributed by atoms with Gasteiger partial charge in [0.2, 0.25) is 11.5 Å². The summed E-state index contributed by atoms with van der Waals surface area (Å²) in [4.78, 5) is 53.2. The molecule has 0 radical (unpaired) electrons. The minimum Gasteiger partial charge on any atom is -0.735 e. The van der Waals surface area contributed by atoms with Crippen LogP contribution in [0.1, 0.15) is 19.2 Å². The number of carbonyl (C=O) groups is 3. The summed E-state index contributed by atoms with van der Waals surface area (Å²) in [6.07, 6.45) is 0.952. The molecule has 4 aliphatic rings. The lowest BCUT2D eigenvalue weighted by Gasteiger charge is -2.51. The highest BCUT2D eigenvalue weighted by molar-refractivity contribution is 8.00. The van der Waals surface area contributed by atoms with Crippen LogP contribution in [0.15, 0.2) is 16.4 Å². The van der Waals surface area contributed by atoms with E-state index in [0.29, 0.717) is 17.5 Å². The summed E-state index contributed by atoms with van der Waals surface area (Å²) < 4.78 is 4.02. The third kappa shape index (κ3) is 4.28. The van der Waals surface area contributed by atoms with Gasteiger partial charge in [0.05, 0.1) is 30.4 Å². The summed E-state index contributed by atoms with van der Waals surface area (Å²) >= 11 is 7.54. The van der Waals surface area contributed by atoms with Crippen molar-refractivity contribution in [3.8, 4) is 0 Å². The molecule has 35 heavy (non-hydrogen) atoms. The Morgan fingerprint density at radius 2 is 2.23 bits per heavy atom. The maximum atomic E-state index is 13.2. The number of carbonyl (C=O) groups excluding carboxylic acids is 3. The van der Waals surface area contributed by atoms with Gasteiger partial charge >= 0.3 is 0 Å². The van der Waals surface area contributed by atoms with Gasteiger partial charge in [0.1, 0.15) is 24.7 Å². The van der Waals surface area contributed by atoms with E-state index in [1.54, 1.807) is 6.92 Å². The van der Waals surface area contributed by atoms with E-state index < -0.39 is 22.4 Å². The van der Waals surface area contributed by atoms with E-state index in [2.05, 4.69) is 31.8 Å². The highest BCUT2D eigenvalue weighted by atomic mass is 32.2. The van der Waals surface area contributed by atoms with Gasteiger partial charge in [-0.1, -0.05) is 5.16 Å². The lowest BCUT2D eigenvalue weighted by atomic mass is 9.89. The summed E-state index contributed by atoms with van der Waals surface area (Å²) in [7, 11) is 2.17. The molecule has 5 heterocycles. The molecule has 12 nitrogen and oxygen atoms in total. The van der Waals surface area contributed by atoms with Crippen molar-refractivity contribution in [2.45, 2.75) is 30.8 Å². The van der Waals surface area contributed by atoms with Gasteiger partial charge in [-0.3, -0.25) is 14.5 Å². The number of hydrogen-bond acceptors (Lipinski definition) is 12. The van der Waals surface area contributed by atoms with Crippen LogP contribution in [-0.4, -0.2) is 98.4 Å². The molecule has 1 aromatic heterocycles. The molecule has 3 unspecified atom stereocenters. The third-order valence-electron chi connectivity index (χ3n) is 6.77. The van der Waals surface area contributed by atoms with Gasteiger partial charge in [-0.2, -0.15) is 9.36 Å². The normalized spacial score (nSPS) is 30.7. The first kappa shape index (κ1) is 24.4. The quantitative estimate of drug-likeness (QED) is 0.151. The molecule has 15 heteroatoms. The van der Waals surface area contributed by atoms with E-state index in [1.165, 1.54) is 21.6 Å². The van der Waals surface area contributed by atoms with Crippen molar-refractivity contribution in [2.75, 3.05) is 44.9 Å². The average Bonchev–Trinajstić information content (AvgIpc) is 3.52. The fourth-order valence-electron chi connectivity index (χ4n) is 5.33. The molecule has 0 saturated carbocycles. The van der Waals surface area contributed by atoms with Crippen LogP contribution >= 0.6 is 23.3 Å². The number of rotatable bonds is 7. The van der Waals surface area contributed by atoms with Crippen LogP contribution in [0.2, 0.25) is 0 Å². The Morgan fingerprint density at radius 3 is 2.91 bits per heavy atom. The number of oxime groups is 1. The Labute approximate surface area is 215 Å². The number of nitrogens with zero attached hydrogens (tertiary/aromatic N) is 5. The van der Waals surface area contributed by atoms with Crippen LogP contribution in [0, 0.1) is 5.92 Å². The Balaban J connectivity index is 1.35. The zero-order valence-corrected chi connectivity index (χ0v) is 21.7. The van der Waals surface area contributed by atoms with Crippen LogP contribution < -0.4 is 16.0 Å². The van der Waals surface area contributed by atoms with Crippen molar-refractivity contribution in [2.24, 2.45) is 11.1 Å². The first-order valence-corrected chi connectivity index (χ1v) is 13.6. The number of β-lactam (4-membered cyclic amide) rings is 1. The number of thioether (sulfide) groups is 1. The van der Waals surface area contributed by atoms with Crippen molar-refractivity contribution < 1.29 is 24.1 Å². The van der Waals surface area contributed by atoms with Crippen LogP contribution in [-0.2, 0) is 31.8 Å². The van der Waals surface area contributed by atoms with E-state index in [4.69, 9.17) is 23.2 Å². The highest BCUT2D eigenvalue weighted by Crippen LogP contribution is 2.45. The van der Waals surface area contributed by atoms with Crippen molar-refractivity contribution in [3.63, 3.8) is 0 Å². The second-order valence-corrected chi connectivity index (χ2v) is 11.2. The average molecular weight is 539 g/mol. The minimum absolute atomic E-state index is 0.0245. The van der Waals surface area contributed by atoms with Crippen LogP contribution in [0.4, 0.5) is 5.13 Å². The lowest BCUT2D eigenvalue weighted by Crippen LogP contribution is -3.07. The van der Waals surface area contributed by atoms with Gasteiger partial charge in [0, 0.05) is 29.7 Å². The third-order valence-corrected chi connectivity index (χ3v) is 8.81. The molecule has 0 bridgehead atoms. The SMILES string of the molecule is CCON=C(C(=O)N[C@@H]1C(=O)N2C(C(=O)[S-])=C(C3CCN4C[NH+](C)CC34)CS[C@H]12)c1nsc(N)n1. The first-order valence-electron chi connectivity index (χ1n) is 11.3. The van der Waals surface area contributed by atoms with E-state index >= 15 is 0 Å². The van der Waals surface area contributed by atoms with E-state index in [-0.39, 0.29) is 35.1 Å². The molecule has 5 atom stereocenters. The predicted molar refractivity (Wildman–Crippen MR) is 132 cm³/mol. The summed E-state index contributed by atoms with van der Waals surface area (Å²) in [5.74, 6) is -0.200. The molecule has 2 amide bonds. The van der Waals surface area contributed by atoms with Crippen molar-refractivity contribution >= 4 is 63.7 Å². The number of amides is 2. The molecule has 0 spiro atoms. The first-order chi connectivity index (χ1) is 16.8. The molecule has 4 aliphatic heterocycles. The van der Waals surface area contributed by atoms with Gasteiger partial charge in [-0.25, -0.2) is 4.90 Å². The van der Waals surface area contributed by atoms with Gasteiger partial charge in [-0.05, 0) is 18.9 Å². The van der Waals surface area contributed by atoms with E-state index in [1.807, 2.05) is 0 Å². The number of nitrogens with one attached hydrogen (secondary N) is 2. The van der Waals surface area contributed by atoms with Crippen LogP contribution in [0.25, 0.3) is 0 Å². The maximum Gasteiger partial charge on any atom is 0.278 e. The van der Waals surface area contributed by atoms with Crippen molar-refractivity contribution in [1.29, 1.82) is 0 Å². The standard InChI is InChI=1S/C20H26N8O4S3/c1-3-32-24-12(15-23-20(21)35-25-15)16(29)22-13-17(30)28-14(19(31)33)10(7-34-18(13)28)9-4-5-27-8-26(2)6-11(9)27/h9,11,13,18H,3-8H2,1-2H3,(H,22,29)(H,31,33)(H2,21,23,25)/t9?,11?,13-,18-/m1/s1. The molecule has 5 rings (SSSR count). The number of aromatic nitrogens is 2.